The summed E-state index contributed by atoms with van der Waals surface area (Å²) in [6, 6.07) is 25.5. The molecule has 6 rings (SSSR count). The average Bonchev–Trinajstić information content (AvgIpc) is 3.06. The smallest absolute Gasteiger partial charge is 0.228 e. The van der Waals surface area contributed by atoms with E-state index in [-0.39, 0.29) is 0 Å². The lowest BCUT2D eigenvalue weighted by Crippen LogP contribution is -2.31. The van der Waals surface area contributed by atoms with E-state index in [2.05, 4.69) is 35.7 Å². The van der Waals surface area contributed by atoms with Gasteiger partial charge in [0, 0.05) is 30.2 Å². The van der Waals surface area contributed by atoms with Crippen molar-refractivity contribution < 1.29 is 4.74 Å². The van der Waals surface area contributed by atoms with Crippen LogP contribution in [0.1, 0.15) is 31.2 Å². The van der Waals surface area contributed by atoms with E-state index in [1.54, 1.807) is 12.4 Å². The third-order valence-electron chi connectivity index (χ3n) is 7.47. The van der Waals surface area contributed by atoms with Gasteiger partial charge in [-0.1, -0.05) is 36.8 Å². The predicted octanol–water partition coefficient (Wildman–Crippen LogP) is 7.13. The van der Waals surface area contributed by atoms with Crippen molar-refractivity contribution in [2.45, 2.75) is 32.6 Å². The van der Waals surface area contributed by atoms with Crippen LogP contribution in [-0.2, 0) is 0 Å². The van der Waals surface area contributed by atoms with Crippen molar-refractivity contribution in [1.82, 2.24) is 30.0 Å². The zero-order valence-corrected chi connectivity index (χ0v) is 24.4. The molecule has 0 bridgehead atoms. The Morgan fingerprint density at radius 1 is 0.814 bits per heavy atom. The van der Waals surface area contributed by atoms with Gasteiger partial charge >= 0.3 is 0 Å². The normalized spacial score (nSPS) is 13.4. The van der Waals surface area contributed by atoms with Crippen LogP contribution in [0.15, 0.2) is 91.3 Å². The Bertz CT molecular complexity index is 1620. The molecule has 0 aliphatic carbocycles. The highest BCUT2D eigenvalue weighted by molar-refractivity contribution is 5.67. The molecular formula is C34H36N8O. The minimum Gasteiger partial charge on any atom is -0.438 e. The van der Waals surface area contributed by atoms with Crippen molar-refractivity contribution in [3.8, 4) is 34.1 Å². The van der Waals surface area contributed by atoms with Crippen molar-refractivity contribution in [3.63, 3.8) is 0 Å². The predicted molar refractivity (Wildman–Crippen MR) is 171 cm³/mol. The summed E-state index contributed by atoms with van der Waals surface area (Å²) in [6.45, 7) is 6.39. The summed E-state index contributed by atoms with van der Waals surface area (Å²) in [5, 5.41) is 15.5. The van der Waals surface area contributed by atoms with Crippen LogP contribution in [0.5, 0.6) is 11.6 Å². The molecule has 0 spiro atoms. The highest BCUT2D eigenvalue weighted by Gasteiger charge is 2.13. The number of rotatable bonds is 11. The Hall–Kier alpha value is -4.89. The first kappa shape index (κ1) is 28.2. The molecule has 9 heteroatoms. The van der Waals surface area contributed by atoms with E-state index in [0.29, 0.717) is 23.4 Å². The third-order valence-corrected chi connectivity index (χ3v) is 7.47. The summed E-state index contributed by atoms with van der Waals surface area (Å²) in [7, 11) is 0. The second kappa shape index (κ2) is 13.8. The summed E-state index contributed by atoms with van der Waals surface area (Å²) < 4.78 is 6.21. The number of likely N-dealkylation sites (tertiary alicyclic amines) is 1. The summed E-state index contributed by atoms with van der Waals surface area (Å²) in [4.78, 5) is 16.2. The topological polar surface area (TPSA) is 101 Å². The molecule has 218 valence electrons. The molecule has 0 unspecified atom stereocenters. The summed E-state index contributed by atoms with van der Waals surface area (Å²) in [6.07, 6.45) is 8.53. The fraction of sp³-hybridized carbons (Fsp3) is 0.265. The number of hydrogen-bond acceptors (Lipinski definition) is 9. The SMILES string of the molecule is Cc1cc(-c2ccccc2)nnc1Nc1ccc(Oc2ncccc2-c2ccnc(NCCCN3CCCCC3)n2)cc1. The third kappa shape index (κ3) is 7.50. The van der Waals surface area contributed by atoms with Gasteiger partial charge in [0.2, 0.25) is 11.8 Å². The monoisotopic (exact) mass is 572 g/mol. The number of pyridine rings is 1. The highest BCUT2D eigenvalue weighted by atomic mass is 16.5. The Morgan fingerprint density at radius 3 is 2.47 bits per heavy atom. The summed E-state index contributed by atoms with van der Waals surface area (Å²) >= 11 is 0. The molecular weight excluding hydrogens is 536 g/mol. The molecule has 2 aromatic carbocycles. The maximum atomic E-state index is 6.21. The fourth-order valence-electron chi connectivity index (χ4n) is 5.16. The van der Waals surface area contributed by atoms with Gasteiger partial charge in [0.1, 0.15) is 5.75 Å². The molecule has 1 fully saturated rings. The molecule has 2 N–H and O–H groups in total. The van der Waals surface area contributed by atoms with Gasteiger partial charge in [0.05, 0.1) is 17.0 Å². The van der Waals surface area contributed by atoms with Crippen LogP contribution in [-0.4, -0.2) is 56.2 Å². The number of hydrogen-bond donors (Lipinski definition) is 2. The van der Waals surface area contributed by atoms with Gasteiger partial charge in [0.15, 0.2) is 5.82 Å². The van der Waals surface area contributed by atoms with E-state index in [4.69, 9.17) is 9.72 Å². The van der Waals surface area contributed by atoms with E-state index < -0.39 is 0 Å². The molecule has 0 radical (unpaired) electrons. The molecule has 1 aliphatic heterocycles. The Labute approximate surface area is 252 Å². The Morgan fingerprint density at radius 2 is 1.65 bits per heavy atom. The Balaban J connectivity index is 1.08. The molecule has 0 saturated carbocycles. The van der Waals surface area contributed by atoms with Gasteiger partial charge in [-0.3, -0.25) is 0 Å². The molecule has 5 aromatic rings. The Kier molecular flexibility index (Phi) is 9.10. The number of aromatic nitrogens is 5. The fourth-order valence-corrected chi connectivity index (χ4v) is 5.16. The van der Waals surface area contributed by atoms with Gasteiger partial charge in [-0.15, -0.1) is 10.2 Å². The van der Waals surface area contributed by atoms with Gasteiger partial charge in [-0.2, -0.15) is 0 Å². The second-order valence-electron chi connectivity index (χ2n) is 10.7. The van der Waals surface area contributed by atoms with Crippen LogP contribution in [0.2, 0.25) is 0 Å². The largest absolute Gasteiger partial charge is 0.438 e. The summed E-state index contributed by atoms with van der Waals surface area (Å²) in [5.41, 5.74) is 5.32. The molecule has 0 amide bonds. The van der Waals surface area contributed by atoms with E-state index in [0.717, 1.165) is 53.3 Å². The van der Waals surface area contributed by atoms with E-state index in [1.165, 1.54) is 32.4 Å². The van der Waals surface area contributed by atoms with Crippen molar-refractivity contribution in [2.24, 2.45) is 0 Å². The van der Waals surface area contributed by atoms with Gasteiger partial charge in [-0.25, -0.2) is 15.0 Å². The van der Waals surface area contributed by atoms with Crippen LogP contribution >= 0.6 is 0 Å². The first-order chi connectivity index (χ1) is 21.2. The number of nitrogens with one attached hydrogen (secondary N) is 2. The molecule has 1 aliphatic rings. The first-order valence-electron chi connectivity index (χ1n) is 14.9. The average molecular weight is 573 g/mol. The quantitative estimate of drug-likeness (QED) is 0.160. The molecule has 4 heterocycles. The number of piperidine rings is 1. The van der Waals surface area contributed by atoms with Gasteiger partial charge < -0.3 is 20.3 Å². The molecule has 3 aromatic heterocycles. The summed E-state index contributed by atoms with van der Waals surface area (Å²) in [5.74, 6) is 2.46. The van der Waals surface area contributed by atoms with Crippen LogP contribution in [0, 0.1) is 6.92 Å². The maximum Gasteiger partial charge on any atom is 0.228 e. The minimum atomic E-state index is 0.483. The lowest BCUT2D eigenvalue weighted by molar-refractivity contribution is 0.228. The van der Waals surface area contributed by atoms with Crippen molar-refractivity contribution in [3.05, 3.63) is 96.8 Å². The van der Waals surface area contributed by atoms with Crippen LogP contribution in [0.25, 0.3) is 22.5 Å². The van der Waals surface area contributed by atoms with Crippen LogP contribution < -0.4 is 15.4 Å². The highest BCUT2D eigenvalue weighted by Crippen LogP contribution is 2.31. The van der Waals surface area contributed by atoms with Crippen molar-refractivity contribution >= 4 is 17.5 Å². The lowest BCUT2D eigenvalue weighted by atomic mass is 10.1. The van der Waals surface area contributed by atoms with Gasteiger partial charge in [-0.05, 0) is 99.9 Å². The number of ether oxygens (including phenoxy) is 1. The number of anilines is 3. The maximum absolute atomic E-state index is 6.21. The van der Waals surface area contributed by atoms with Crippen molar-refractivity contribution in [2.75, 3.05) is 36.8 Å². The number of aryl methyl sites for hydroxylation is 1. The van der Waals surface area contributed by atoms with E-state index in [9.17, 15) is 0 Å². The minimum absolute atomic E-state index is 0.483. The lowest BCUT2D eigenvalue weighted by Gasteiger charge is -2.26. The van der Waals surface area contributed by atoms with E-state index >= 15 is 0 Å². The standard InChI is InChI=1S/C34H36N8O/c1-25-24-31(26-10-4-2-5-11-26)40-41-32(25)38-27-13-15-28(16-14-27)43-33-29(12-8-18-35-33)30-17-20-37-34(39-30)36-19-9-23-42-21-6-3-7-22-42/h2,4-5,8,10-18,20,24H,3,6-7,9,19,21-23H2,1H3,(H,38,41)(H,36,37,39). The first-order valence-corrected chi connectivity index (χ1v) is 14.9. The number of nitrogens with zero attached hydrogens (tertiary/aromatic N) is 6. The van der Waals surface area contributed by atoms with Crippen molar-refractivity contribution in [1.29, 1.82) is 0 Å². The number of benzene rings is 2. The second-order valence-corrected chi connectivity index (χ2v) is 10.7. The molecule has 1 saturated heterocycles. The van der Waals surface area contributed by atoms with Gasteiger partial charge in [0.25, 0.3) is 0 Å². The molecule has 43 heavy (non-hydrogen) atoms. The molecule has 0 atom stereocenters. The van der Waals surface area contributed by atoms with Crippen LogP contribution in [0.4, 0.5) is 17.5 Å². The van der Waals surface area contributed by atoms with E-state index in [1.807, 2.05) is 85.8 Å². The van der Waals surface area contributed by atoms with Crippen LogP contribution in [0.3, 0.4) is 0 Å². The zero-order chi connectivity index (χ0) is 29.3. The molecule has 9 nitrogen and oxygen atoms in total. The zero-order valence-electron chi connectivity index (χ0n) is 24.4.